The Bertz CT molecular complexity index is 970. The molecule has 1 aliphatic heterocycles. The molecular weight excluding hydrogens is 438 g/mol. The minimum atomic E-state index is -0.663. The van der Waals surface area contributed by atoms with Crippen molar-refractivity contribution in [3.05, 3.63) is 30.7 Å². The van der Waals surface area contributed by atoms with Crippen molar-refractivity contribution in [1.29, 1.82) is 0 Å². The van der Waals surface area contributed by atoms with Crippen molar-refractivity contribution in [2.24, 2.45) is 5.92 Å². The molecule has 0 unspecified atom stereocenters. The Kier molecular flexibility index (Phi) is 8.21. The number of hydroxylamine groups is 2. The van der Waals surface area contributed by atoms with Crippen molar-refractivity contribution in [2.45, 2.75) is 46.1 Å². The van der Waals surface area contributed by atoms with Gasteiger partial charge in [-0.3, -0.25) is 4.79 Å². The molecule has 0 aromatic carbocycles. The maximum atomic E-state index is 11.9. The van der Waals surface area contributed by atoms with Crippen molar-refractivity contribution < 1.29 is 19.2 Å². The minimum Gasteiger partial charge on any atom is -0.427 e. The minimum absolute atomic E-state index is 0.169. The van der Waals surface area contributed by atoms with Crippen molar-refractivity contribution in [1.82, 2.24) is 20.0 Å². The van der Waals surface area contributed by atoms with E-state index in [1.165, 1.54) is 13.3 Å². The van der Waals surface area contributed by atoms with Crippen LogP contribution >= 0.6 is 0 Å². The normalized spacial score (nSPS) is 14.9. The van der Waals surface area contributed by atoms with Gasteiger partial charge in [0.05, 0.1) is 11.9 Å². The lowest BCUT2D eigenvalue weighted by atomic mass is 9.97. The summed E-state index contributed by atoms with van der Waals surface area (Å²) in [6, 6.07) is 5.41. The standard InChI is InChI=1S/C23H33N7O4/c1-16(31)27-19-7-6-18(13-24-19)28-20-12-21(26-15-25-20)29(5)14-17-8-10-30(11-9-17)34-22(32)33-23(2,3)4/h6-7,12-13,15,17H,8-11,14H2,1-5H3,(H,24,27,31)(H,25,26,28). The zero-order valence-electron chi connectivity index (χ0n) is 20.4. The number of piperidine rings is 1. The van der Waals surface area contributed by atoms with Gasteiger partial charge in [-0.25, -0.2) is 19.7 Å². The van der Waals surface area contributed by atoms with Crippen LogP contribution in [0.1, 0.15) is 40.5 Å². The summed E-state index contributed by atoms with van der Waals surface area (Å²) in [5.74, 6) is 2.21. The lowest BCUT2D eigenvalue weighted by molar-refractivity contribution is -0.154. The number of rotatable bonds is 7. The summed E-state index contributed by atoms with van der Waals surface area (Å²) < 4.78 is 5.21. The Balaban J connectivity index is 1.48. The summed E-state index contributed by atoms with van der Waals surface area (Å²) in [7, 11) is 2.00. The lowest BCUT2D eigenvalue weighted by Crippen LogP contribution is -2.40. The number of aromatic nitrogens is 3. The van der Waals surface area contributed by atoms with Crippen molar-refractivity contribution >= 4 is 35.2 Å². The van der Waals surface area contributed by atoms with Crippen LogP contribution in [0.25, 0.3) is 0 Å². The molecule has 11 heteroatoms. The Morgan fingerprint density at radius 3 is 2.50 bits per heavy atom. The van der Waals surface area contributed by atoms with Gasteiger partial charge in [0, 0.05) is 39.7 Å². The molecule has 3 rings (SSSR count). The van der Waals surface area contributed by atoms with Gasteiger partial charge in [-0.15, -0.1) is 5.06 Å². The molecule has 34 heavy (non-hydrogen) atoms. The average molecular weight is 472 g/mol. The number of nitrogens with one attached hydrogen (secondary N) is 2. The molecule has 3 heterocycles. The molecule has 2 N–H and O–H groups in total. The summed E-state index contributed by atoms with van der Waals surface area (Å²) in [5.41, 5.74) is 0.175. The number of anilines is 4. The summed E-state index contributed by atoms with van der Waals surface area (Å²) in [4.78, 5) is 43.3. The second-order valence-corrected chi connectivity index (χ2v) is 9.31. The molecule has 1 amide bonds. The number of amides is 1. The zero-order chi connectivity index (χ0) is 24.7. The van der Waals surface area contributed by atoms with E-state index in [9.17, 15) is 9.59 Å². The van der Waals surface area contributed by atoms with Crippen LogP contribution in [0.3, 0.4) is 0 Å². The highest BCUT2D eigenvalue weighted by atomic mass is 16.8. The zero-order valence-corrected chi connectivity index (χ0v) is 20.4. The van der Waals surface area contributed by atoms with Crippen LogP contribution in [-0.4, -0.2) is 64.4 Å². The number of hydrogen-bond donors (Lipinski definition) is 2. The number of ether oxygens (including phenoxy) is 1. The van der Waals surface area contributed by atoms with E-state index >= 15 is 0 Å². The second-order valence-electron chi connectivity index (χ2n) is 9.31. The van der Waals surface area contributed by atoms with Gasteiger partial charge in [0.15, 0.2) is 0 Å². The van der Waals surface area contributed by atoms with Crippen LogP contribution in [0.5, 0.6) is 0 Å². The molecule has 0 radical (unpaired) electrons. The highest BCUT2D eigenvalue weighted by Crippen LogP contribution is 2.23. The van der Waals surface area contributed by atoms with Crippen LogP contribution in [0, 0.1) is 5.92 Å². The van der Waals surface area contributed by atoms with Crippen LogP contribution in [0.2, 0.25) is 0 Å². The van der Waals surface area contributed by atoms with E-state index in [-0.39, 0.29) is 5.91 Å². The Morgan fingerprint density at radius 2 is 1.88 bits per heavy atom. The van der Waals surface area contributed by atoms with Crippen molar-refractivity contribution in [2.75, 3.05) is 42.2 Å². The molecule has 0 atom stereocenters. The number of pyridine rings is 1. The molecule has 1 saturated heterocycles. The molecule has 0 saturated carbocycles. The van der Waals surface area contributed by atoms with E-state index in [0.717, 1.165) is 30.9 Å². The third-order valence-corrected chi connectivity index (χ3v) is 5.08. The molecule has 11 nitrogen and oxygen atoms in total. The first-order valence-electron chi connectivity index (χ1n) is 11.3. The van der Waals surface area contributed by atoms with E-state index in [4.69, 9.17) is 9.57 Å². The van der Waals surface area contributed by atoms with Gasteiger partial charge in [-0.2, -0.15) is 0 Å². The fraction of sp³-hybridized carbons (Fsp3) is 0.522. The van der Waals surface area contributed by atoms with E-state index < -0.39 is 11.8 Å². The van der Waals surface area contributed by atoms with Gasteiger partial charge < -0.3 is 25.1 Å². The maximum absolute atomic E-state index is 11.9. The highest BCUT2D eigenvalue weighted by Gasteiger charge is 2.26. The second kappa shape index (κ2) is 11.1. The van der Waals surface area contributed by atoms with Crippen molar-refractivity contribution in [3.8, 4) is 0 Å². The van der Waals surface area contributed by atoms with Gasteiger partial charge in [-0.05, 0) is 51.7 Å². The van der Waals surface area contributed by atoms with Gasteiger partial charge >= 0.3 is 6.16 Å². The molecule has 184 valence electrons. The predicted molar refractivity (Wildman–Crippen MR) is 129 cm³/mol. The fourth-order valence-electron chi connectivity index (χ4n) is 3.53. The van der Waals surface area contributed by atoms with Gasteiger partial charge in [0.2, 0.25) is 5.91 Å². The average Bonchev–Trinajstić information content (AvgIpc) is 2.75. The third kappa shape index (κ3) is 8.14. The lowest BCUT2D eigenvalue weighted by Gasteiger charge is -2.33. The molecule has 2 aromatic heterocycles. The number of carbonyl (C=O) groups is 2. The van der Waals surface area contributed by atoms with Crippen LogP contribution in [-0.2, 0) is 14.4 Å². The topological polar surface area (TPSA) is 122 Å². The monoisotopic (exact) mass is 471 g/mol. The first kappa shape index (κ1) is 25.2. The third-order valence-electron chi connectivity index (χ3n) is 5.08. The Morgan fingerprint density at radius 1 is 1.15 bits per heavy atom. The SMILES string of the molecule is CC(=O)Nc1ccc(Nc2cc(N(C)CC3CCN(OC(=O)OC(C)(C)C)CC3)ncn2)cn1. The number of hydrogen-bond acceptors (Lipinski definition) is 10. The van der Waals surface area contributed by atoms with Crippen LogP contribution in [0.15, 0.2) is 30.7 Å². The molecule has 0 bridgehead atoms. The Hall–Kier alpha value is -3.47. The first-order chi connectivity index (χ1) is 16.1. The molecule has 0 aliphatic carbocycles. The van der Waals surface area contributed by atoms with E-state index in [1.54, 1.807) is 17.3 Å². The quantitative estimate of drug-likeness (QED) is 0.579. The largest absolute Gasteiger partial charge is 0.528 e. The molecule has 0 spiro atoms. The Labute approximate surface area is 199 Å². The van der Waals surface area contributed by atoms with Gasteiger partial charge in [0.1, 0.15) is 29.4 Å². The smallest absolute Gasteiger partial charge is 0.427 e. The van der Waals surface area contributed by atoms with E-state index in [0.29, 0.717) is 30.6 Å². The molecule has 1 aliphatic rings. The number of nitrogens with zero attached hydrogens (tertiary/aromatic N) is 5. The molecular formula is C23H33N7O4. The van der Waals surface area contributed by atoms with E-state index in [1.807, 2.05) is 40.0 Å². The number of carbonyl (C=O) groups excluding carboxylic acids is 2. The summed E-state index contributed by atoms with van der Waals surface area (Å²) >= 11 is 0. The predicted octanol–water partition coefficient (Wildman–Crippen LogP) is 3.59. The first-order valence-corrected chi connectivity index (χ1v) is 11.3. The maximum Gasteiger partial charge on any atom is 0.528 e. The van der Waals surface area contributed by atoms with Gasteiger partial charge in [0.25, 0.3) is 0 Å². The van der Waals surface area contributed by atoms with Crippen LogP contribution < -0.4 is 15.5 Å². The van der Waals surface area contributed by atoms with Crippen LogP contribution in [0.4, 0.5) is 27.9 Å². The molecule has 2 aromatic rings. The summed E-state index contributed by atoms with van der Waals surface area (Å²) in [6.45, 7) is 9.02. The fourth-order valence-corrected chi connectivity index (χ4v) is 3.53. The summed E-state index contributed by atoms with van der Waals surface area (Å²) in [5, 5.41) is 7.51. The highest BCUT2D eigenvalue weighted by molar-refractivity contribution is 5.87. The van der Waals surface area contributed by atoms with E-state index in [2.05, 4.69) is 30.5 Å². The molecule has 1 fully saturated rings. The van der Waals surface area contributed by atoms with Gasteiger partial charge in [-0.1, -0.05) is 0 Å². The van der Waals surface area contributed by atoms with Crippen molar-refractivity contribution in [3.63, 3.8) is 0 Å². The summed E-state index contributed by atoms with van der Waals surface area (Å²) in [6.07, 6.45) is 4.28.